The fourth-order valence-corrected chi connectivity index (χ4v) is 10.0. The Kier molecular flexibility index (Phi) is 13.7. The number of nitrogens with zero attached hydrogens (tertiary/aromatic N) is 7. The van der Waals surface area contributed by atoms with E-state index in [4.69, 9.17) is 11.6 Å². The molecule has 326 valence electrons. The summed E-state index contributed by atoms with van der Waals surface area (Å²) in [4.78, 5) is 43.4. The minimum absolute atomic E-state index is 0.0457. The van der Waals surface area contributed by atoms with Crippen molar-refractivity contribution in [2.24, 2.45) is 0 Å². The number of benzene rings is 5. The van der Waals surface area contributed by atoms with E-state index in [0.717, 1.165) is 68.0 Å². The first-order chi connectivity index (χ1) is 30.5. The number of aromatic nitrogens is 2. The molecular formula is C46H48ClN9O5S2. The van der Waals surface area contributed by atoms with E-state index >= 15 is 0 Å². The number of anilines is 3. The molecule has 63 heavy (non-hydrogen) atoms. The van der Waals surface area contributed by atoms with Crippen LogP contribution >= 0.6 is 23.4 Å². The number of piperazine rings is 2. The van der Waals surface area contributed by atoms with E-state index in [2.05, 4.69) is 59.0 Å². The van der Waals surface area contributed by atoms with Crippen LogP contribution in [0.3, 0.4) is 0 Å². The Balaban J connectivity index is 0.942. The van der Waals surface area contributed by atoms with Gasteiger partial charge in [-0.15, -0.1) is 11.8 Å². The summed E-state index contributed by atoms with van der Waals surface area (Å²) in [7, 11) is -2.32. The van der Waals surface area contributed by atoms with Gasteiger partial charge in [0.2, 0.25) is 5.91 Å². The summed E-state index contributed by atoms with van der Waals surface area (Å²) < 4.78 is 30.3. The Bertz CT molecular complexity index is 2680. The standard InChI is InChI=1S/C46H48ClN9O5S2/c1-52-19-23-55(24-20-52)45(57)27-36(31-62-38-8-3-2-4-9-38)50-42-18-16-39(29-44(42)56(58)59)63(60,61)51-46-41-17-15-37(28-43(41)48-32-49-46)54-25-21-53(22-26-54)30-34-7-5-6-10-40(34)33-11-13-35(47)14-12-33/h2-18,28-29,32,36,50H,19-27,30-31H2,1H3,(H,48,49,51)/t36-/m1/s1. The quantitative estimate of drug-likeness (QED) is 0.0589. The summed E-state index contributed by atoms with van der Waals surface area (Å²) in [5.41, 5.74) is 4.77. The molecule has 2 aliphatic heterocycles. The van der Waals surface area contributed by atoms with Gasteiger partial charge >= 0.3 is 0 Å². The molecule has 2 saturated heterocycles. The van der Waals surface area contributed by atoms with Crippen LogP contribution in [0.4, 0.5) is 22.9 Å². The van der Waals surface area contributed by atoms with Gasteiger partial charge in [0.25, 0.3) is 15.7 Å². The number of nitrogens with one attached hydrogen (secondary N) is 2. The van der Waals surface area contributed by atoms with Gasteiger partial charge < -0.3 is 20.0 Å². The SMILES string of the molecule is CN1CCN(C(=O)C[C@H](CSc2ccccc2)Nc2ccc(S(=O)(=O)Nc3ncnc4cc(N5CCN(Cc6ccccc6-c6ccc(Cl)cc6)CC5)ccc34)cc2[N+](=O)[O-])CC1. The van der Waals surface area contributed by atoms with Crippen molar-refractivity contribution in [2.45, 2.75) is 28.8 Å². The van der Waals surface area contributed by atoms with Gasteiger partial charge in [-0.1, -0.05) is 66.2 Å². The van der Waals surface area contributed by atoms with Gasteiger partial charge in [0.05, 0.1) is 15.3 Å². The van der Waals surface area contributed by atoms with Crippen LogP contribution in [0, 0.1) is 10.1 Å². The van der Waals surface area contributed by atoms with Crippen LogP contribution in [-0.4, -0.2) is 115 Å². The number of hydrogen-bond donors (Lipinski definition) is 2. The number of hydrogen-bond acceptors (Lipinski definition) is 12. The molecule has 5 aromatic carbocycles. The van der Waals surface area contributed by atoms with Crippen molar-refractivity contribution in [3.05, 3.63) is 142 Å². The molecule has 14 nitrogen and oxygen atoms in total. The van der Waals surface area contributed by atoms with Gasteiger partial charge in [0.1, 0.15) is 12.0 Å². The van der Waals surface area contributed by atoms with E-state index in [1.807, 2.05) is 78.7 Å². The topological polar surface area (TPSA) is 157 Å². The number of thioether (sulfide) groups is 1. The lowest BCUT2D eigenvalue weighted by atomic mass is 9.99. The number of likely N-dealkylation sites (N-methyl/N-ethyl adjacent to an activating group) is 1. The second-order valence-corrected chi connectivity index (χ2v) is 19.0. The van der Waals surface area contributed by atoms with Crippen LogP contribution in [0.5, 0.6) is 0 Å². The number of nitro benzene ring substituents is 1. The summed E-state index contributed by atoms with van der Waals surface area (Å²) in [5.74, 6) is 0.457. The van der Waals surface area contributed by atoms with Gasteiger partial charge in [0.15, 0.2) is 5.82 Å². The average Bonchev–Trinajstić information content (AvgIpc) is 3.29. The van der Waals surface area contributed by atoms with E-state index in [9.17, 15) is 23.3 Å². The number of carbonyl (C=O) groups is 1. The third-order valence-corrected chi connectivity index (χ3v) is 14.2. The fraction of sp³-hybridized carbons (Fsp3) is 0.283. The van der Waals surface area contributed by atoms with Gasteiger partial charge in [-0.2, -0.15) is 0 Å². The molecule has 3 heterocycles. The molecule has 6 aromatic rings. The third kappa shape index (κ3) is 10.9. The number of amides is 1. The van der Waals surface area contributed by atoms with Crippen molar-refractivity contribution in [2.75, 3.05) is 80.1 Å². The van der Waals surface area contributed by atoms with Crippen LogP contribution in [0.25, 0.3) is 22.0 Å². The summed E-state index contributed by atoms with van der Waals surface area (Å²) in [6.45, 7) is 6.86. The van der Waals surface area contributed by atoms with Crippen LogP contribution in [-0.2, 0) is 21.4 Å². The van der Waals surface area contributed by atoms with E-state index in [1.54, 1.807) is 6.07 Å². The molecular weight excluding hydrogens is 858 g/mol. The number of sulfonamides is 1. The maximum Gasteiger partial charge on any atom is 0.293 e. The van der Waals surface area contributed by atoms with Gasteiger partial charge in [-0.25, -0.2) is 18.4 Å². The number of rotatable bonds is 15. The molecule has 0 aliphatic carbocycles. The molecule has 0 bridgehead atoms. The van der Waals surface area contributed by atoms with Crippen molar-refractivity contribution < 1.29 is 18.1 Å². The first-order valence-electron chi connectivity index (χ1n) is 20.8. The highest BCUT2D eigenvalue weighted by Gasteiger charge is 2.28. The van der Waals surface area contributed by atoms with E-state index in [0.29, 0.717) is 34.8 Å². The van der Waals surface area contributed by atoms with Crippen molar-refractivity contribution in [1.29, 1.82) is 0 Å². The van der Waals surface area contributed by atoms with Crippen LogP contribution < -0.4 is 14.9 Å². The lowest BCUT2D eigenvalue weighted by molar-refractivity contribution is -0.384. The Hall–Kier alpha value is -5.78. The van der Waals surface area contributed by atoms with Crippen molar-refractivity contribution in [1.82, 2.24) is 24.7 Å². The predicted octanol–water partition coefficient (Wildman–Crippen LogP) is 7.72. The minimum Gasteiger partial charge on any atom is -0.375 e. The molecule has 0 spiro atoms. The Labute approximate surface area is 376 Å². The summed E-state index contributed by atoms with van der Waals surface area (Å²) in [5, 5.41) is 16.9. The molecule has 0 saturated carbocycles. The highest BCUT2D eigenvalue weighted by molar-refractivity contribution is 7.99. The molecule has 2 fully saturated rings. The van der Waals surface area contributed by atoms with Crippen LogP contribution in [0.2, 0.25) is 5.02 Å². The minimum atomic E-state index is -4.34. The second kappa shape index (κ2) is 19.7. The Morgan fingerprint density at radius 2 is 1.59 bits per heavy atom. The highest BCUT2D eigenvalue weighted by atomic mass is 35.5. The summed E-state index contributed by atoms with van der Waals surface area (Å²) in [6.07, 6.45) is 1.41. The molecule has 1 aromatic heterocycles. The normalized spacial score (nSPS) is 15.6. The molecule has 17 heteroatoms. The molecule has 2 aliphatic rings. The smallest absolute Gasteiger partial charge is 0.293 e. The summed E-state index contributed by atoms with van der Waals surface area (Å²) in [6, 6.07) is 35.0. The molecule has 8 rings (SSSR count). The lowest BCUT2D eigenvalue weighted by Gasteiger charge is -2.36. The number of fused-ring (bicyclic) bond motifs is 1. The average molecular weight is 907 g/mol. The summed E-state index contributed by atoms with van der Waals surface area (Å²) >= 11 is 7.68. The van der Waals surface area contributed by atoms with Crippen molar-refractivity contribution in [3.63, 3.8) is 0 Å². The fourth-order valence-electron chi connectivity index (χ4n) is 7.92. The molecule has 0 radical (unpaired) electrons. The van der Waals surface area contributed by atoms with Gasteiger partial charge in [0, 0.05) is 104 Å². The first-order valence-corrected chi connectivity index (χ1v) is 23.6. The van der Waals surface area contributed by atoms with E-state index < -0.39 is 26.7 Å². The largest absolute Gasteiger partial charge is 0.375 e. The van der Waals surface area contributed by atoms with Crippen LogP contribution in [0.1, 0.15) is 12.0 Å². The van der Waals surface area contributed by atoms with Crippen molar-refractivity contribution >= 4 is 73.1 Å². The Morgan fingerprint density at radius 3 is 2.33 bits per heavy atom. The van der Waals surface area contributed by atoms with Gasteiger partial charge in [-0.05, 0) is 78.3 Å². The maximum absolute atomic E-state index is 13.9. The number of nitro groups is 1. The van der Waals surface area contributed by atoms with Crippen molar-refractivity contribution in [3.8, 4) is 11.1 Å². The zero-order valence-corrected chi connectivity index (χ0v) is 37.2. The van der Waals surface area contributed by atoms with E-state index in [1.165, 1.54) is 41.3 Å². The van der Waals surface area contributed by atoms with E-state index in [-0.39, 0.29) is 28.7 Å². The highest BCUT2D eigenvalue weighted by Crippen LogP contribution is 2.33. The number of carbonyl (C=O) groups excluding carboxylic acids is 1. The lowest BCUT2D eigenvalue weighted by Crippen LogP contribution is -2.48. The van der Waals surface area contributed by atoms with Crippen LogP contribution in [0.15, 0.2) is 131 Å². The zero-order chi connectivity index (χ0) is 43.9. The first kappa shape index (κ1) is 43.9. The molecule has 1 amide bonds. The van der Waals surface area contributed by atoms with Gasteiger partial charge in [-0.3, -0.25) is 24.5 Å². The molecule has 1 atom stereocenters. The zero-order valence-electron chi connectivity index (χ0n) is 34.8. The maximum atomic E-state index is 13.9. The predicted molar refractivity (Wildman–Crippen MR) is 251 cm³/mol. The second-order valence-electron chi connectivity index (χ2n) is 15.7. The molecule has 0 unspecified atom stereocenters. The number of halogens is 1. The Morgan fingerprint density at radius 1 is 0.857 bits per heavy atom. The molecule has 2 N–H and O–H groups in total. The monoisotopic (exact) mass is 905 g/mol. The third-order valence-electron chi connectivity index (χ3n) is 11.5.